The summed E-state index contributed by atoms with van der Waals surface area (Å²) in [5.74, 6) is 0. The summed E-state index contributed by atoms with van der Waals surface area (Å²) in [4.78, 5) is 5.58. The van der Waals surface area contributed by atoms with Gasteiger partial charge in [-0.3, -0.25) is 0 Å². The number of benzene rings is 8. The average Bonchev–Trinajstić information content (AvgIpc) is 1.67. The van der Waals surface area contributed by atoms with Gasteiger partial charge in [0, 0.05) is 55.5 Å². The second kappa shape index (κ2) is 16.1. The lowest BCUT2D eigenvalue weighted by molar-refractivity contribution is 0.165. The molecule has 3 aliphatic heterocycles. The molecule has 0 amide bonds. The van der Waals surface area contributed by atoms with Gasteiger partial charge in [0.05, 0.1) is 5.69 Å². The lowest BCUT2D eigenvalue weighted by atomic mass is 9.32. The Bertz CT molecular complexity index is 4300. The molecule has 3 heterocycles. The van der Waals surface area contributed by atoms with Crippen LogP contribution in [-0.2, 0) is 37.9 Å². The Morgan fingerprint density at radius 2 is 1.05 bits per heavy atom. The molecule has 2 nitrogen and oxygen atoms in total. The summed E-state index contributed by atoms with van der Waals surface area (Å²) >= 11 is 0. The van der Waals surface area contributed by atoms with Crippen LogP contribution >= 0.6 is 0 Å². The molecule has 8 aromatic carbocycles. The van der Waals surface area contributed by atoms with E-state index in [1.807, 2.05) is 0 Å². The second-order valence-corrected chi connectivity index (χ2v) is 31.3. The van der Waals surface area contributed by atoms with Gasteiger partial charge in [0.2, 0.25) is 0 Å². The maximum atomic E-state index is 2.79. The van der Waals surface area contributed by atoms with Crippen molar-refractivity contribution < 1.29 is 0 Å². The van der Waals surface area contributed by atoms with Crippen molar-refractivity contribution in [2.24, 2.45) is 5.41 Å². The van der Waals surface area contributed by atoms with Crippen molar-refractivity contribution in [2.75, 3.05) is 9.80 Å². The first-order valence-corrected chi connectivity index (χ1v) is 31.7. The lowest BCUT2D eigenvalue weighted by Crippen LogP contribution is -2.63. The zero-order valence-electron chi connectivity index (χ0n) is 52.5. The van der Waals surface area contributed by atoms with Crippen LogP contribution in [-0.4, -0.2) is 6.71 Å². The van der Waals surface area contributed by atoms with Crippen LogP contribution in [0, 0.1) is 19.3 Å². The van der Waals surface area contributed by atoms with Crippen molar-refractivity contribution in [3.05, 3.63) is 217 Å². The second-order valence-electron chi connectivity index (χ2n) is 31.3. The molecule has 1 fully saturated rings. The Morgan fingerprint density at radius 3 is 1.75 bits per heavy atom. The van der Waals surface area contributed by atoms with E-state index >= 15 is 0 Å². The molecule has 8 aromatic rings. The van der Waals surface area contributed by atoms with Crippen molar-refractivity contribution in [3.63, 3.8) is 0 Å². The van der Waals surface area contributed by atoms with Crippen molar-refractivity contribution in [1.29, 1.82) is 0 Å². The van der Waals surface area contributed by atoms with Crippen LogP contribution < -0.4 is 26.2 Å². The summed E-state index contributed by atoms with van der Waals surface area (Å²) in [6.45, 7) is 39.7. The van der Waals surface area contributed by atoms with Gasteiger partial charge in [-0.25, -0.2) is 0 Å². The van der Waals surface area contributed by atoms with Gasteiger partial charge in [0.1, 0.15) is 0 Å². The quantitative estimate of drug-likeness (QED) is 0.159. The third-order valence-corrected chi connectivity index (χ3v) is 24.2. The Morgan fingerprint density at radius 1 is 0.434 bits per heavy atom. The van der Waals surface area contributed by atoms with E-state index in [4.69, 9.17) is 0 Å². The molecule has 5 aliphatic carbocycles. The minimum absolute atomic E-state index is 0.0224. The molecular formula is C80H83BN2. The number of anilines is 6. The molecule has 1 saturated carbocycles. The van der Waals surface area contributed by atoms with Crippen LogP contribution in [0.15, 0.2) is 133 Å². The summed E-state index contributed by atoms with van der Waals surface area (Å²) in [6.07, 6.45) is 10.00. The zero-order chi connectivity index (χ0) is 57.8. The van der Waals surface area contributed by atoms with Crippen LogP contribution in [0.1, 0.15) is 219 Å². The summed E-state index contributed by atoms with van der Waals surface area (Å²) in [7, 11) is 0. The molecule has 0 bridgehead atoms. The Labute approximate surface area is 496 Å². The molecule has 0 spiro atoms. The van der Waals surface area contributed by atoms with Gasteiger partial charge in [0.15, 0.2) is 0 Å². The van der Waals surface area contributed by atoms with Crippen molar-refractivity contribution in [1.82, 2.24) is 0 Å². The van der Waals surface area contributed by atoms with E-state index in [-0.39, 0.29) is 50.0 Å². The van der Waals surface area contributed by atoms with Crippen LogP contribution in [0.3, 0.4) is 0 Å². The Hall–Kier alpha value is -6.84. The minimum Gasteiger partial charge on any atom is -0.311 e. The molecule has 0 radical (unpaired) electrons. The van der Waals surface area contributed by atoms with Crippen LogP contribution in [0.4, 0.5) is 34.1 Å². The zero-order valence-corrected chi connectivity index (χ0v) is 52.5. The van der Waals surface area contributed by atoms with Crippen LogP contribution in [0.25, 0.3) is 22.8 Å². The predicted molar refractivity (Wildman–Crippen MR) is 354 cm³/mol. The topological polar surface area (TPSA) is 6.48 Å². The summed E-state index contributed by atoms with van der Waals surface area (Å²) in [5, 5.41) is 0. The van der Waals surface area contributed by atoms with E-state index in [1.54, 1.807) is 5.56 Å². The molecule has 3 atom stereocenters. The van der Waals surface area contributed by atoms with Gasteiger partial charge >= 0.3 is 0 Å². The van der Waals surface area contributed by atoms with Gasteiger partial charge < -0.3 is 9.80 Å². The largest absolute Gasteiger partial charge is 0.311 e. The fourth-order valence-corrected chi connectivity index (χ4v) is 19.1. The lowest BCUT2D eigenvalue weighted by Gasteiger charge is -2.52. The summed E-state index contributed by atoms with van der Waals surface area (Å²) < 4.78 is 0. The van der Waals surface area contributed by atoms with Gasteiger partial charge in [-0.1, -0.05) is 212 Å². The number of hydrogen-bond acceptors (Lipinski definition) is 2. The van der Waals surface area contributed by atoms with E-state index < -0.39 is 0 Å². The van der Waals surface area contributed by atoms with Crippen LogP contribution in [0.2, 0.25) is 0 Å². The third kappa shape index (κ3) is 6.33. The highest BCUT2D eigenvalue weighted by Crippen LogP contribution is 2.67. The molecular weight excluding hydrogens is 1000 g/mol. The maximum absolute atomic E-state index is 2.79. The normalized spacial score (nSPS) is 24.6. The predicted octanol–water partition coefficient (Wildman–Crippen LogP) is 19.0. The van der Waals surface area contributed by atoms with E-state index in [1.165, 1.54) is 184 Å². The van der Waals surface area contributed by atoms with Gasteiger partial charge in [-0.15, -0.1) is 0 Å². The summed E-state index contributed by atoms with van der Waals surface area (Å²) in [5.41, 5.74) is 37.5. The molecule has 3 heteroatoms. The van der Waals surface area contributed by atoms with E-state index in [9.17, 15) is 0 Å². The number of aryl methyl sites for hydroxylation is 2. The van der Waals surface area contributed by atoms with E-state index in [0.29, 0.717) is 0 Å². The molecule has 0 N–H and O–H groups in total. The van der Waals surface area contributed by atoms with Crippen molar-refractivity contribution in [2.45, 2.75) is 187 Å². The Kier molecular flexibility index (Phi) is 10.1. The molecule has 0 saturated heterocycles. The molecule has 16 rings (SSSR count). The molecule has 3 unspecified atom stereocenters. The highest BCUT2D eigenvalue weighted by Gasteiger charge is 2.58. The van der Waals surface area contributed by atoms with Gasteiger partial charge in [-0.05, 0) is 210 Å². The van der Waals surface area contributed by atoms with Gasteiger partial charge in [-0.2, -0.15) is 0 Å². The Balaban J connectivity index is 1.02. The highest BCUT2D eigenvalue weighted by atomic mass is 15.2. The summed E-state index contributed by atoms with van der Waals surface area (Å²) in [6, 6.07) is 54.6. The van der Waals surface area contributed by atoms with E-state index in [2.05, 4.69) is 260 Å². The first kappa shape index (κ1) is 51.8. The average molecular weight is 1080 g/mol. The smallest absolute Gasteiger partial charge is 0.252 e. The molecule has 8 aliphatic rings. The minimum atomic E-state index is -0.372. The molecule has 0 aromatic heterocycles. The van der Waals surface area contributed by atoms with Crippen molar-refractivity contribution in [3.8, 4) is 11.1 Å². The number of nitrogens with zero attached hydrogens (tertiary/aromatic N) is 2. The third-order valence-electron chi connectivity index (χ3n) is 24.2. The first-order valence-electron chi connectivity index (χ1n) is 31.7. The number of hydrogen-bond donors (Lipinski definition) is 0. The first-order chi connectivity index (χ1) is 39.2. The SMILES string of the molecule is Cc1cc2c(cc1N1c3cc4c(cc3B3c5ccc(/C=C6\c7ccc(C(C)(C)C)cc7C7(C)CCCCC67C)cc5N5c6cccc7c6C(C)(c6ccccc6-7)c6c(C)cc1c3c65)C(C)(C)c1ccccc1C4(C)C)C(C)(C)CCC2(C)C. The van der Waals surface area contributed by atoms with Crippen molar-refractivity contribution >= 4 is 68.9 Å². The van der Waals surface area contributed by atoms with Gasteiger partial charge in [0.25, 0.3) is 6.71 Å². The molecule has 416 valence electrons. The fourth-order valence-electron chi connectivity index (χ4n) is 19.1. The standard InChI is InChI=1S/C80H83BN2/c1-46-38-58-59(75(8,9)37-36-74(58,6)7)44-65(46)82-67-45-61-60(76(10,11)54-27-19-20-28-55(54)77(61,12)13)43-63(67)81-62-33-30-48(40-56-52-32-31-49(73(3,4)5)42-57(52)79(15)35-22-21-34-78(56,79)14)41-66(62)83-64-29-23-25-51-50-24-17-18-26-53(50)80(16,70(51)64)69-47(2)39-68(82)71(81)72(69)83/h17-20,23-33,38-45H,21-22,34-37H2,1-16H3/b56-40+. The number of allylic oxidation sites excluding steroid dienone is 1. The number of fused-ring (bicyclic) bond motifs is 16. The highest BCUT2D eigenvalue weighted by molar-refractivity contribution is 7.00. The monoisotopic (exact) mass is 1080 g/mol. The van der Waals surface area contributed by atoms with Crippen LogP contribution in [0.5, 0.6) is 0 Å². The maximum Gasteiger partial charge on any atom is 0.252 e. The molecule has 83 heavy (non-hydrogen) atoms. The fraction of sp³-hybridized carbons (Fsp3) is 0.375. The van der Waals surface area contributed by atoms with E-state index in [0.717, 1.165) is 0 Å². The number of rotatable bonds is 2.